The number of carbonyl (C=O) groups excluding carboxylic acids is 1. The van der Waals surface area contributed by atoms with Crippen molar-refractivity contribution < 1.29 is 9.00 Å². The summed E-state index contributed by atoms with van der Waals surface area (Å²) in [5.41, 5.74) is 0. The van der Waals surface area contributed by atoms with Crippen LogP contribution >= 0.6 is 0 Å². The molecule has 1 aliphatic rings. The predicted octanol–water partition coefficient (Wildman–Crippen LogP) is -0.132. The highest BCUT2D eigenvalue weighted by molar-refractivity contribution is 7.86. The van der Waals surface area contributed by atoms with Crippen molar-refractivity contribution in [3.05, 3.63) is 0 Å². The zero-order valence-electron chi connectivity index (χ0n) is 9.58. The van der Waals surface area contributed by atoms with Gasteiger partial charge in [0.1, 0.15) is 5.25 Å². The van der Waals surface area contributed by atoms with E-state index in [1.807, 2.05) is 13.8 Å². The Balaban J connectivity index is 2.33. The molecule has 2 N–H and O–H groups in total. The molecule has 0 aromatic carbocycles. The maximum absolute atomic E-state index is 11.8. The highest BCUT2D eigenvalue weighted by Crippen LogP contribution is 2.08. The minimum absolute atomic E-state index is 0.101. The number of carbonyl (C=O) groups is 1. The third-order valence-corrected chi connectivity index (χ3v) is 4.26. The number of rotatable bonds is 5. The summed E-state index contributed by atoms with van der Waals surface area (Å²) >= 11 is 0. The van der Waals surface area contributed by atoms with E-state index in [0.717, 1.165) is 13.1 Å². The Morgan fingerprint density at radius 1 is 1.47 bits per heavy atom. The topological polar surface area (TPSA) is 58.2 Å². The van der Waals surface area contributed by atoms with Crippen LogP contribution in [0.1, 0.15) is 20.8 Å². The van der Waals surface area contributed by atoms with E-state index in [-0.39, 0.29) is 11.9 Å². The van der Waals surface area contributed by atoms with Crippen LogP contribution in [0.3, 0.4) is 0 Å². The Morgan fingerprint density at radius 2 is 2.07 bits per heavy atom. The fourth-order valence-corrected chi connectivity index (χ4v) is 2.66. The van der Waals surface area contributed by atoms with Gasteiger partial charge in [0.25, 0.3) is 0 Å². The lowest BCUT2D eigenvalue weighted by molar-refractivity contribution is -0.120. The molecule has 0 spiro atoms. The van der Waals surface area contributed by atoms with Crippen LogP contribution in [-0.2, 0) is 15.6 Å². The summed E-state index contributed by atoms with van der Waals surface area (Å²) in [5.74, 6) is 1.02. The van der Waals surface area contributed by atoms with Gasteiger partial charge >= 0.3 is 0 Å². The van der Waals surface area contributed by atoms with Crippen LogP contribution < -0.4 is 10.6 Å². The van der Waals surface area contributed by atoms with Crippen LogP contribution in [0.25, 0.3) is 0 Å². The van der Waals surface area contributed by atoms with Gasteiger partial charge < -0.3 is 10.6 Å². The first kappa shape index (κ1) is 12.6. The molecule has 2 atom stereocenters. The van der Waals surface area contributed by atoms with Crippen LogP contribution in [0, 0.1) is 5.92 Å². The van der Waals surface area contributed by atoms with E-state index in [9.17, 15) is 9.00 Å². The van der Waals surface area contributed by atoms with Crippen LogP contribution in [-0.4, -0.2) is 40.3 Å². The van der Waals surface area contributed by atoms with Crippen molar-refractivity contribution >= 4 is 16.7 Å². The Kier molecular flexibility index (Phi) is 4.73. The maximum Gasteiger partial charge on any atom is 0.235 e. The molecule has 1 saturated heterocycles. The summed E-state index contributed by atoms with van der Waals surface area (Å²) in [4.78, 5) is 11.6. The fourth-order valence-electron chi connectivity index (χ4n) is 1.36. The van der Waals surface area contributed by atoms with E-state index >= 15 is 0 Å². The van der Waals surface area contributed by atoms with Gasteiger partial charge in [-0.05, 0) is 26.7 Å². The Morgan fingerprint density at radius 3 is 2.47 bits per heavy atom. The van der Waals surface area contributed by atoms with E-state index in [1.165, 1.54) is 0 Å². The van der Waals surface area contributed by atoms with E-state index in [0.29, 0.717) is 11.7 Å². The van der Waals surface area contributed by atoms with Crippen LogP contribution in [0.2, 0.25) is 0 Å². The van der Waals surface area contributed by atoms with Gasteiger partial charge in [0, 0.05) is 35.7 Å². The number of hydrogen-bond donors (Lipinski definition) is 2. The number of nitrogens with one attached hydrogen (secondary N) is 2. The summed E-state index contributed by atoms with van der Waals surface area (Å²) in [5, 5.41) is 5.52. The average Bonchev–Trinajstić information content (AvgIpc) is 2.08. The highest BCUT2D eigenvalue weighted by Gasteiger charge is 2.25. The standard InChI is InChI=1S/C10H20N2O2S/c1-7(2)12-10(13)8(3)15(14)6-9-4-11-5-9/h7-9,11H,4-6H2,1-3H3,(H,12,13). The molecule has 0 radical (unpaired) electrons. The van der Waals surface area contributed by atoms with Gasteiger partial charge in [0.15, 0.2) is 0 Å². The first-order chi connectivity index (χ1) is 7.00. The monoisotopic (exact) mass is 232 g/mol. The van der Waals surface area contributed by atoms with Crippen molar-refractivity contribution in [3.8, 4) is 0 Å². The normalized spacial score (nSPS) is 20.8. The third kappa shape index (κ3) is 3.91. The minimum atomic E-state index is -1.04. The van der Waals surface area contributed by atoms with Crippen LogP contribution in [0.4, 0.5) is 0 Å². The van der Waals surface area contributed by atoms with E-state index in [4.69, 9.17) is 0 Å². The summed E-state index contributed by atoms with van der Waals surface area (Å²) in [6.07, 6.45) is 0. The van der Waals surface area contributed by atoms with Gasteiger partial charge in [-0.3, -0.25) is 9.00 Å². The molecule has 1 aliphatic heterocycles. The van der Waals surface area contributed by atoms with Gasteiger partial charge in [0.2, 0.25) is 5.91 Å². The molecular weight excluding hydrogens is 212 g/mol. The van der Waals surface area contributed by atoms with Crippen LogP contribution in [0.5, 0.6) is 0 Å². The molecule has 2 unspecified atom stereocenters. The molecule has 1 amide bonds. The van der Waals surface area contributed by atoms with Gasteiger partial charge in [0.05, 0.1) is 0 Å². The lowest BCUT2D eigenvalue weighted by Gasteiger charge is -2.27. The second-order valence-corrected chi connectivity index (χ2v) is 6.18. The van der Waals surface area contributed by atoms with Crippen molar-refractivity contribution in [2.45, 2.75) is 32.1 Å². The molecule has 0 saturated carbocycles. The molecular formula is C10H20N2O2S. The lowest BCUT2D eigenvalue weighted by Crippen LogP contribution is -2.47. The lowest BCUT2D eigenvalue weighted by atomic mass is 10.1. The van der Waals surface area contributed by atoms with Crippen LogP contribution in [0.15, 0.2) is 0 Å². The van der Waals surface area contributed by atoms with Gasteiger partial charge in [-0.2, -0.15) is 0 Å². The van der Waals surface area contributed by atoms with E-state index < -0.39 is 16.0 Å². The molecule has 0 aromatic heterocycles. The zero-order valence-corrected chi connectivity index (χ0v) is 10.4. The van der Waals surface area contributed by atoms with E-state index in [1.54, 1.807) is 6.92 Å². The Bertz CT molecular complexity index is 252. The smallest absolute Gasteiger partial charge is 0.235 e. The minimum Gasteiger partial charge on any atom is -0.353 e. The van der Waals surface area contributed by atoms with Crippen molar-refractivity contribution in [2.75, 3.05) is 18.8 Å². The van der Waals surface area contributed by atoms with Gasteiger partial charge in [-0.1, -0.05) is 0 Å². The molecule has 5 heteroatoms. The second kappa shape index (κ2) is 5.61. The molecule has 0 bridgehead atoms. The number of hydrogen-bond acceptors (Lipinski definition) is 3. The third-order valence-electron chi connectivity index (χ3n) is 2.46. The second-order valence-electron chi connectivity index (χ2n) is 4.38. The highest BCUT2D eigenvalue weighted by atomic mass is 32.2. The fraction of sp³-hybridized carbons (Fsp3) is 0.900. The Labute approximate surface area is 93.7 Å². The summed E-state index contributed by atoms with van der Waals surface area (Å²) in [7, 11) is -1.04. The van der Waals surface area contributed by atoms with E-state index in [2.05, 4.69) is 10.6 Å². The van der Waals surface area contributed by atoms with Crippen molar-refractivity contribution in [3.63, 3.8) is 0 Å². The maximum atomic E-state index is 11.8. The zero-order chi connectivity index (χ0) is 11.4. The van der Waals surface area contributed by atoms with Crippen molar-refractivity contribution in [2.24, 2.45) is 5.92 Å². The first-order valence-electron chi connectivity index (χ1n) is 5.39. The van der Waals surface area contributed by atoms with Crippen molar-refractivity contribution in [1.29, 1.82) is 0 Å². The molecule has 15 heavy (non-hydrogen) atoms. The van der Waals surface area contributed by atoms with Gasteiger partial charge in [-0.25, -0.2) is 0 Å². The van der Waals surface area contributed by atoms with Crippen molar-refractivity contribution in [1.82, 2.24) is 10.6 Å². The molecule has 4 nitrogen and oxygen atoms in total. The molecule has 1 heterocycles. The summed E-state index contributed by atoms with van der Waals surface area (Å²) in [6.45, 7) is 7.42. The largest absolute Gasteiger partial charge is 0.353 e. The van der Waals surface area contributed by atoms with Gasteiger partial charge in [-0.15, -0.1) is 0 Å². The summed E-state index contributed by atoms with van der Waals surface area (Å²) < 4.78 is 11.8. The SMILES string of the molecule is CC(C)NC(=O)C(C)S(=O)CC1CNC1. The molecule has 0 aromatic rings. The first-order valence-corrected chi connectivity index (χ1v) is 6.77. The number of amides is 1. The molecule has 88 valence electrons. The molecule has 1 rings (SSSR count). The molecule has 1 fully saturated rings. The average molecular weight is 232 g/mol. The molecule has 0 aliphatic carbocycles. The summed E-state index contributed by atoms with van der Waals surface area (Å²) in [6, 6.07) is 0.113. The quantitative estimate of drug-likeness (QED) is 0.694. The Hall–Kier alpha value is -0.420. The predicted molar refractivity (Wildman–Crippen MR) is 62.1 cm³/mol.